The van der Waals surface area contributed by atoms with E-state index in [-0.39, 0.29) is 0 Å². The molecule has 2 aromatic rings. The van der Waals surface area contributed by atoms with E-state index in [1.807, 2.05) is 12.1 Å². The van der Waals surface area contributed by atoms with Gasteiger partial charge in [-0.05, 0) is 110 Å². The Kier molecular flexibility index (Phi) is 6.47. The van der Waals surface area contributed by atoms with Gasteiger partial charge in [-0.15, -0.1) is 0 Å². The molecular formula is C27H37NO. The van der Waals surface area contributed by atoms with Gasteiger partial charge in [0.25, 0.3) is 0 Å². The Morgan fingerprint density at radius 3 is 2.07 bits per heavy atom. The molecule has 156 valence electrons. The van der Waals surface area contributed by atoms with Crippen molar-refractivity contribution in [1.82, 2.24) is 0 Å². The molecule has 0 saturated heterocycles. The van der Waals surface area contributed by atoms with Crippen LogP contribution in [0.5, 0.6) is 5.75 Å². The van der Waals surface area contributed by atoms with E-state index < -0.39 is 0 Å². The molecule has 0 amide bonds. The number of hydrogen-bond acceptors (Lipinski definition) is 2. The minimum atomic E-state index is 0.566. The van der Waals surface area contributed by atoms with Crippen molar-refractivity contribution in [2.75, 3.05) is 5.73 Å². The molecule has 2 N–H and O–H groups in total. The van der Waals surface area contributed by atoms with Crippen LogP contribution in [0.3, 0.4) is 0 Å². The van der Waals surface area contributed by atoms with Gasteiger partial charge in [-0.1, -0.05) is 38.0 Å². The topological polar surface area (TPSA) is 35.2 Å². The predicted molar refractivity (Wildman–Crippen MR) is 122 cm³/mol. The van der Waals surface area contributed by atoms with Crippen LogP contribution in [0.4, 0.5) is 5.69 Å². The molecule has 0 spiro atoms. The summed E-state index contributed by atoms with van der Waals surface area (Å²) in [5.41, 5.74) is 10.5. The van der Waals surface area contributed by atoms with Gasteiger partial charge in [-0.25, -0.2) is 0 Å². The number of rotatable bonds is 5. The van der Waals surface area contributed by atoms with Crippen molar-refractivity contribution in [1.29, 1.82) is 0 Å². The van der Waals surface area contributed by atoms with Gasteiger partial charge < -0.3 is 10.5 Å². The summed E-state index contributed by atoms with van der Waals surface area (Å²) in [4.78, 5) is 0. The van der Waals surface area contributed by atoms with E-state index >= 15 is 0 Å². The van der Waals surface area contributed by atoms with E-state index in [0.29, 0.717) is 6.61 Å². The maximum Gasteiger partial charge on any atom is 0.119 e. The molecule has 4 rings (SSSR count). The van der Waals surface area contributed by atoms with Gasteiger partial charge in [0.05, 0.1) is 0 Å². The minimum absolute atomic E-state index is 0.566. The molecule has 0 radical (unpaired) electrons. The zero-order valence-electron chi connectivity index (χ0n) is 18.2. The van der Waals surface area contributed by atoms with Crippen LogP contribution >= 0.6 is 0 Å². The van der Waals surface area contributed by atoms with Crippen molar-refractivity contribution < 1.29 is 4.74 Å². The molecule has 0 aromatic heterocycles. The monoisotopic (exact) mass is 391 g/mol. The van der Waals surface area contributed by atoms with Crippen LogP contribution in [-0.4, -0.2) is 0 Å². The number of nitrogen functional groups attached to an aromatic ring is 1. The Morgan fingerprint density at radius 2 is 1.45 bits per heavy atom. The molecule has 2 heteroatoms. The fourth-order valence-electron chi connectivity index (χ4n) is 5.66. The van der Waals surface area contributed by atoms with Crippen molar-refractivity contribution in [2.45, 2.75) is 77.7 Å². The number of benzene rings is 2. The summed E-state index contributed by atoms with van der Waals surface area (Å²) in [5, 5.41) is 0. The van der Waals surface area contributed by atoms with Crippen molar-refractivity contribution in [3.8, 4) is 5.75 Å². The zero-order chi connectivity index (χ0) is 20.2. The van der Waals surface area contributed by atoms with Crippen LogP contribution in [-0.2, 0) is 6.61 Å². The summed E-state index contributed by atoms with van der Waals surface area (Å²) in [6.07, 6.45) is 11.5. The third-order valence-electron chi connectivity index (χ3n) is 7.42. The summed E-state index contributed by atoms with van der Waals surface area (Å²) in [6.45, 7) is 5.06. The maximum absolute atomic E-state index is 5.99. The first-order valence-corrected chi connectivity index (χ1v) is 11.7. The average molecular weight is 392 g/mol. The molecule has 2 saturated carbocycles. The van der Waals surface area contributed by atoms with Gasteiger partial charge in [0, 0.05) is 5.69 Å². The lowest BCUT2D eigenvalue weighted by molar-refractivity contribution is 0.165. The van der Waals surface area contributed by atoms with Crippen molar-refractivity contribution in [3.63, 3.8) is 0 Å². The molecule has 2 aliphatic rings. The lowest BCUT2D eigenvalue weighted by atomic mass is 9.68. The highest BCUT2D eigenvalue weighted by Crippen LogP contribution is 2.43. The van der Waals surface area contributed by atoms with Crippen molar-refractivity contribution in [3.05, 3.63) is 59.2 Å². The second kappa shape index (κ2) is 9.24. The van der Waals surface area contributed by atoms with Crippen molar-refractivity contribution in [2.24, 2.45) is 17.8 Å². The molecule has 2 aromatic carbocycles. The normalized spacial score (nSPS) is 27.5. The highest BCUT2D eigenvalue weighted by atomic mass is 16.5. The molecule has 29 heavy (non-hydrogen) atoms. The molecule has 2 nitrogen and oxygen atoms in total. The predicted octanol–water partition coefficient (Wildman–Crippen LogP) is 7.26. The van der Waals surface area contributed by atoms with Crippen molar-refractivity contribution >= 4 is 5.69 Å². The highest BCUT2D eigenvalue weighted by molar-refractivity contribution is 5.44. The summed E-state index contributed by atoms with van der Waals surface area (Å²) >= 11 is 0. The van der Waals surface area contributed by atoms with E-state index in [1.165, 1.54) is 62.5 Å². The average Bonchev–Trinajstić information content (AvgIpc) is 2.73. The molecule has 0 heterocycles. The third kappa shape index (κ3) is 5.35. The van der Waals surface area contributed by atoms with Crippen LogP contribution in [0.1, 0.15) is 80.9 Å². The number of hydrogen-bond donors (Lipinski definition) is 1. The smallest absolute Gasteiger partial charge is 0.119 e. The number of aryl methyl sites for hydroxylation is 1. The molecular weight excluding hydrogens is 354 g/mol. The molecule has 0 atom stereocenters. The first-order chi connectivity index (χ1) is 14.1. The standard InChI is InChI=1S/C27H37NO/c1-19-3-5-22(6-4-19)23-7-9-24(10-8-23)25-11-13-27(14-12-25)29-18-21-15-20(2)16-26(28)17-21/h11-17,19,22-24H,3-10,18,28H2,1-2H3. The summed E-state index contributed by atoms with van der Waals surface area (Å²) in [7, 11) is 0. The third-order valence-corrected chi connectivity index (χ3v) is 7.42. The van der Waals surface area contributed by atoms with Crippen LogP contribution in [0, 0.1) is 24.7 Å². The van der Waals surface area contributed by atoms with Gasteiger partial charge in [-0.2, -0.15) is 0 Å². The lowest BCUT2D eigenvalue weighted by Crippen LogP contribution is -2.24. The quantitative estimate of drug-likeness (QED) is 0.544. The Hall–Kier alpha value is -1.96. The fourth-order valence-corrected chi connectivity index (χ4v) is 5.66. The Bertz CT molecular complexity index is 760. The zero-order valence-corrected chi connectivity index (χ0v) is 18.2. The van der Waals surface area contributed by atoms with Gasteiger partial charge in [0.15, 0.2) is 0 Å². The van der Waals surface area contributed by atoms with Crippen LogP contribution in [0.25, 0.3) is 0 Å². The second-order valence-electron chi connectivity index (χ2n) is 9.74. The summed E-state index contributed by atoms with van der Waals surface area (Å²) in [6, 6.07) is 15.0. The molecule has 2 aliphatic carbocycles. The van der Waals surface area contributed by atoms with E-state index in [0.717, 1.165) is 40.7 Å². The molecule has 0 bridgehead atoms. The summed E-state index contributed by atoms with van der Waals surface area (Å²) in [5.74, 6) is 4.64. The van der Waals surface area contributed by atoms with Gasteiger partial charge >= 0.3 is 0 Å². The Morgan fingerprint density at radius 1 is 0.828 bits per heavy atom. The summed E-state index contributed by atoms with van der Waals surface area (Å²) < 4.78 is 5.99. The molecule has 0 unspecified atom stereocenters. The second-order valence-corrected chi connectivity index (χ2v) is 9.74. The SMILES string of the molecule is Cc1cc(N)cc(COc2ccc(C3CCC(C4CCC(C)CC4)CC3)cc2)c1. The van der Waals surface area contributed by atoms with E-state index in [2.05, 4.69) is 44.2 Å². The van der Waals surface area contributed by atoms with Crippen LogP contribution in [0.2, 0.25) is 0 Å². The number of anilines is 1. The number of nitrogens with two attached hydrogens (primary N) is 1. The maximum atomic E-state index is 5.99. The Labute approximate surface area is 176 Å². The largest absolute Gasteiger partial charge is 0.489 e. The van der Waals surface area contributed by atoms with Crippen LogP contribution < -0.4 is 10.5 Å². The Balaban J connectivity index is 1.27. The highest BCUT2D eigenvalue weighted by Gasteiger charge is 2.30. The van der Waals surface area contributed by atoms with E-state index in [4.69, 9.17) is 10.5 Å². The van der Waals surface area contributed by atoms with E-state index in [9.17, 15) is 0 Å². The number of ether oxygens (including phenoxy) is 1. The first kappa shape index (κ1) is 20.3. The minimum Gasteiger partial charge on any atom is -0.489 e. The van der Waals surface area contributed by atoms with Crippen LogP contribution in [0.15, 0.2) is 42.5 Å². The first-order valence-electron chi connectivity index (χ1n) is 11.7. The molecule has 2 fully saturated rings. The fraction of sp³-hybridized carbons (Fsp3) is 0.556. The lowest BCUT2D eigenvalue weighted by Gasteiger charge is -2.37. The van der Waals surface area contributed by atoms with Gasteiger partial charge in [-0.3, -0.25) is 0 Å². The molecule has 0 aliphatic heterocycles. The van der Waals surface area contributed by atoms with Gasteiger partial charge in [0.1, 0.15) is 12.4 Å². The van der Waals surface area contributed by atoms with E-state index in [1.54, 1.807) is 0 Å². The van der Waals surface area contributed by atoms with Gasteiger partial charge in [0.2, 0.25) is 0 Å².